The molecular formula is C14H15ClN2O2S2. The number of carbonyl (C=O) groups excluding carboxylic acids is 1. The molecule has 0 aliphatic carbocycles. The highest BCUT2D eigenvalue weighted by Crippen LogP contribution is 2.23. The normalized spacial score (nSPS) is 12.2. The van der Waals surface area contributed by atoms with E-state index in [1.54, 1.807) is 25.1 Å². The van der Waals surface area contributed by atoms with Crippen LogP contribution in [0.4, 0.5) is 0 Å². The Labute approximate surface area is 135 Å². The van der Waals surface area contributed by atoms with Crippen LogP contribution in [0.15, 0.2) is 29.2 Å². The molecule has 0 saturated heterocycles. The summed E-state index contributed by atoms with van der Waals surface area (Å²) in [5.74, 6) is -0.0972. The van der Waals surface area contributed by atoms with Crippen molar-refractivity contribution in [1.82, 2.24) is 9.88 Å². The van der Waals surface area contributed by atoms with E-state index in [2.05, 4.69) is 4.98 Å². The minimum atomic E-state index is -0.991. The minimum Gasteiger partial charge on any atom is -0.337 e. The molecule has 0 fully saturated rings. The Balaban J connectivity index is 2.10. The number of halogens is 1. The number of hydrogen-bond acceptors (Lipinski definition) is 4. The van der Waals surface area contributed by atoms with Crippen molar-refractivity contribution in [3.63, 3.8) is 0 Å². The molecule has 112 valence electrons. The van der Waals surface area contributed by atoms with Gasteiger partial charge < -0.3 is 4.90 Å². The smallest absolute Gasteiger partial charge is 0.265 e. The fourth-order valence-electron chi connectivity index (χ4n) is 1.87. The summed E-state index contributed by atoms with van der Waals surface area (Å²) in [5.41, 5.74) is 1.63. The standard InChI is InChI=1S/C14H15ClN2O2S2/c1-9-12(20-14(15)16-9)13(18)17(2)8-10-4-6-11(7-5-10)21(3)19/h4-7H,8H2,1-3H3. The maximum absolute atomic E-state index is 12.3. The SMILES string of the molecule is Cc1nc(Cl)sc1C(=O)N(C)Cc1ccc(S(C)=O)cc1. The molecule has 0 saturated carbocycles. The van der Waals surface area contributed by atoms with Crippen molar-refractivity contribution in [3.8, 4) is 0 Å². The Kier molecular flexibility index (Phi) is 5.13. The fraction of sp³-hybridized carbons (Fsp3) is 0.286. The van der Waals surface area contributed by atoms with Gasteiger partial charge in [-0.05, 0) is 24.6 Å². The summed E-state index contributed by atoms with van der Waals surface area (Å²) in [5, 5.41) is 0. The summed E-state index contributed by atoms with van der Waals surface area (Å²) in [6.07, 6.45) is 1.64. The summed E-state index contributed by atoms with van der Waals surface area (Å²) in [4.78, 5) is 19.4. The van der Waals surface area contributed by atoms with Crippen LogP contribution in [0.2, 0.25) is 4.47 Å². The molecule has 4 nitrogen and oxygen atoms in total. The Hall–Kier alpha value is -1.24. The Morgan fingerprint density at radius 2 is 2.00 bits per heavy atom. The first-order valence-electron chi connectivity index (χ1n) is 6.19. The molecule has 2 aromatic rings. The lowest BCUT2D eigenvalue weighted by atomic mass is 10.2. The highest BCUT2D eigenvalue weighted by atomic mass is 35.5. The lowest BCUT2D eigenvalue weighted by molar-refractivity contribution is 0.0789. The highest BCUT2D eigenvalue weighted by Gasteiger charge is 2.18. The van der Waals surface area contributed by atoms with Crippen molar-refractivity contribution in [2.45, 2.75) is 18.4 Å². The van der Waals surface area contributed by atoms with Gasteiger partial charge in [-0.25, -0.2) is 4.98 Å². The minimum absolute atomic E-state index is 0.0972. The van der Waals surface area contributed by atoms with E-state index in [0.29, 0.717) is 21.6 Å². The molecule has 1 amide bonds. The average Bonchev–Trinajstić information content (AvgIpc) is 2.77. The van der Waals surface area contributed by atoms with E-state index in [9.17, 15) is 9.00 Å². The zero-order valence-corrected chi connectivity index (χ0v) is 14.3. The molecule has 1 heterocycles. The van der Waals surface area contributed by atoms with Gasteiger partial charge in [-0.3, -0.25) is 9.00 Å². The van der Waals surface area contributed by atoms with E-state index >= 15 is 0 Å². The molecule has 1 aromatic carbocycles. The first kappa shape index (κ1) is 16.1. The number of amides is 1. The van der Waals surface area contributed by atoms with Gasteiger partial charge in [0.2, 0.25) is 0 Å². The Morgan fingerprint density at radius 3 is 2.48 bits per heavy atom. The third kappa shape index (κ3) is 3.90. The predicted molar refractivity (Wildman–Crippen MR) is 86.4 cm³/mol. The number of benzene rings is 1. The largest absolute Gasteiger partial charge is 0.337 e. The molecule has 2 rings (SSSR count). The van der Waals surface area contributed by atoms with Crippen LogP contribution in [-0.2, 0) is 17.3 Å². The topological polar surface area (TPSA) is 50.3 Å². The van der Waals surface area contributed by atoms with Gasteiger partial charge in [0.1, 0.15) is 4.88 Å². The average molecular weight is 343 g/mol. The molecule has 0 aliphatic heterocycles. The van der Waals surface area contributed by atoms with Crippen molar-refractivity contribution < 1.29 is 9.00 Å². The second-order valence-electron chi connectivity index (χ2n) is 4.64. The van der Waals surface area contributed by atoms with Gasteiger partial charge in [-0.2, -0.15) is 0 Å². The number of hydrogen-bond donors (Lipinski definition) is 0. The second-order valence-corrected chi connectivity index (χ2v) is 7.60. The number of carbonyl (C=O) groups is 1. The number of aryl methyl sites for hydroxylation is 1. The van der Waals surface area contributed by atoms with Crippen LogP contribution in [0.5, 0.6) is 0 Å². The van der Waals surface area contributed by atoms with Crippen LogP contribution in [-0.4, -0.2) is 33.3 Å². The number of aromatic nitrogens is 1. The summed E-state index contributed by atoms with van der Waals surface area (Å²) in [7, 11) is 0.747. The molecule has 7 heteroatoms. The highest BCUT2D eigenvalue weighted by molar-refractivity contribution is 7.84. The molecule has 0 N–H and O–H groups in total. The fourth-order valence-corrected chi connectivity index (χ4v) is 3.53. The van der Waals surface area contributed by atoms with Crippen molar-refractivity contribution >= 4 is 39.6 Å². The lowest BCUT2D eigenvalue weighted by Crippen LogP contribution is -2.26. The van der Waals surface area contributed by atoms with E-state index in [4.69, 9.17) is 11.6 Å². The van der Waals surface area contributed by atoms with Gasteiger partial charge in [0.25, 0.3) is 5.91 Å². The van der Waals surface area contributed by atoms with Crippen LogP contribution >= 0.6 is 22.9 Å². The Bertz CT molecular complexity index is 683. The van der Waals surface area contributed by atoms with Gasteiger partial charge in [0.05, 0.1) is 5.69 Å². The predicted octanol–water partition coefficient (Wildman–Crippen LogP) is 3.11. The van der Waals surface area contributed by atoms with Crippen LogP contribution in [0.25, 0.3) is 0 Å². The zero-order chi connectivity index (χ0) is 15.6. The summed E-state index contributed by atoms with van der Waals surface area (Å²) in [6.45, 7) is 2.25. The third-order valence-corrected chi connectivity index (χ3v) is 5.17. The van der Waals surface area contributed by atoms with Crippen molar-refractivity contribution in [2.24, 2.45) is 0 Å². The summed E-state index contributed by atoms with van der Waals surface area (Å²) < 4.78 is 11.7. The molecular weight excluding hydrogens is 328 g/mol. The van der Waals surface area contributed by atoms with Gasteiger partial charge >= 0.3 is 0 Å². The van der Waals surface area contributed by atoms with Gasteiger partial charge in [0, 0.05) is 35.5 Å². The van der Waals surface area contributed by atoms with Crippen LogP contribution in [0.3, 0.4) is 0 Å². The molecule has 0 bridgehead atoms. The van der Waals surface area contributed by atoms with E-state index in [-0.39, 0.29) is 5.91 Å². The maximum Gasteiger partial charge on any atom is 0.265 e. The molecule has 1 unspecified atom stereocenters. The van der Waals surface area contributed by atoms with Crippen LogP contribution in [0, 0.1) is 6.92 Å². The second kappa shape index (κ2) is 6.68. The molecule has 0 radical (unpaired) electrons. The first-order valence-corrected chi connectivity index (χ1v) is 8.94. The van der Waals surface area contributed by atoms with Gasteiger partial charge in [-0.15, -0.1) is 0 Å². The van der Waals surface area contributed by atoms with Crippen LogP contribution < -0.4 is 0 Å². The van der Waals surface area contributed by atoms with Crippen molar-refractivity contribution in [2.75, 3.05) is 13.3 Å². The number of thiazole rings is 1. The lowest BCUT2D eigenvalue weighted by Gasteiger charge is -2.16. The molecule has 21 heavy (non-hydrogen) atoms. The zero-order valence-electron chi connectivity index (χ0n) is 11.9. The summed E-state index contributed by atoms with van der Waals surface area (Å²) in [6, 6.07) is 7.40. The van der Waals surface area contributed by atoms with E-state index < -0.39 is 10.8 Å². The quantitative estimate of drug-likeness (QED) is 0.857. The van der Waals surface area contributed by atoms with E-state index in [1.807, 2.05) is 24.3 Å². The number of rotatable bonds is 4. The number of nitrogens with zero attached hydrogens (tertiary/aromatic N) is 2. The molecule has 1 aromatic heterocycles. The summed E-state index contributed by atoms with van der Waals surface area (Å²) >= 11 is 7.02. The monoisotopic (exact) mass is 342 g/mol. The maximum atomic E-state index is 12.3. The van der Waals surface area contributed by atoms with E-state index in [1.165, 1.54) is 11.3 Å². The van der Waals surface area contributed by atoms with Gasteiger partial charge in [0.15, 0.2) is 4.47 Å². The van der Waals surface area contributed by atoms with Crippen LogP contribution in [0.1, 0.15) is 20.9 Å². The molecule has 0 aliphatic rings. The Morgan fingerprint density at radius 1 is 1.38 bits per heavy atom. The van der Waals surface area contributed by atoms with E-state index in [0.717, 1.165) is 10.5 Å². The molecule has 0 spiro atoms. The third-order valence-electron chi connectivity index (χ3n) is 2.99. The molecule has 1 atom stereocenters. The first-order chi connectivity index (χ1) is 9.88. The van der Waals surface area contributed by atoms with Crippen molar-refractivity contribution in [1.29, 1.82) is 0 Å². The van der Waals surface area contributed by atoms with Crippen molar-refractivity contribution in [3.05, 3.63) is 44.9 Å². The van der Waals surface area contributed by atoms with Gasteiger partial charge in [-0.1, -0.05) is 35.1 Å².